The van der Waals surface area contributed by atoms with Gasteiger partial charge in [-0.3, -0.25) is 4.79 Å². The summed E-state index contributed by atoms with van der Waals surface area (Å²) in [7, 11) is -0.326. The van der Waals surface area contributed by atoms with Crippen molar-refractivity contribution in [2.24, 2.45) is 5.41 Å². The van der Waals surface area contributed by atoms with Crippen molar-refractivity contribution in [2.75, 3.05) is 30.3 Å². The summed E-state index contributed by atoms with van der Waals surface area (Å²) in [6.45, 7) is 12.3. The first-order valence-corrected chi connectivity index (χ1v) is 16.6. The number of aryl methyl sites for hydroxylation is 3. The Kier molecular flexibility index (Phi) is 9.03. The van der Waals surface area contributed by atoms with E-state index in [1.807, 2.05) is 58.0 Å². The van der Waals surface area contributed by atoms with Gasteiger partial charge in [0.15, 0.2) is 0 Å². The van der Waals surface area contributed by atoms with E-state index in [-0.39, 0.29) is 46.8 Å². The highest BCUT2D eigenvalue weighted by atomic mass is 32.2. The quantitative estimate of drug-likeness (QED) is 0.297. The molecule has 0 spiro atoms. The summed E-state index contributed by atoms with van der Waals surface area (Å²) in [5, 5.41) is 0. The molecule has 4 aromatic rings. The number of ether oxygens (including phenoxy) is 1. The van der Waals surface area contributed by atoms with Crippen molar-refractivity contribution in [1.29, 1.82) is 0 Å². The third kappa shape index (κ3) is 7.28. The molecule has 12 heteroatoms. The maximum absolute atomic E-state index is 14.3. The molecule has 1 aliphatic rings. The Bertz CT molecular complexity index is 1870. The van der Waals surface area contributed by atoms with Gasteiger partial charge in [0.2, 0.25) is 11.8 Å². The molecule has 2 aromatic heterocycles. The van der Waals surface area contributed by atoms with Gasteiger partial charge in [0.25, 0.3) is 15.9 Å². The van der Waals surface area contributed by atoms with Crippen molar-refractivity contribution < 1.29 is 17.9 Å². The Morgan fingerprint density at radius 3 is 2.35 bits per heavy atom. The van der Waals surface area contributed by atoms with E-state index in [0.717, 1.165) is 28.1 Å². The third-order valence-corrected chi connectivity index (χ3v) is 9.15. The Morgan fingerprint density at radius 2 is 1.70 bits per heavy atom. The molecule has 0 unspecified atom stereocenters. The first-order chi connectivity index (χ1) is 21.6. The largest absolute Gasteiger partial charge is 0.475 e. The molecule has 0 saturated heterocycles. The van der Waals surface area contributed by atoms with E-state index in [9.17, 15) is 13.2 Å². The predicted octanol–water partition coefficient (Wildman–Crippen LogP) is 5.57. The molecule has 5 rings (SSSR count). The summed E-state index contributed by atoms with van der Waals surface area (Å²) in [5.74, 6) is 0.165. The summed E-state index contributed by atoms with van der Waals surface area (Å²) in [6, 6.07) is 13.2. The number of hydrogen-bond donors (Lipinski definition) is 1. The molecule has 1 aliphatic heterocycles. The van der Waals surface area contributed by atoms with Crippen LogP contribution in [0.3, 0.4) is 0 Å². The lowest BCUT2D eigenvalue weighted by atomic mass is 9.87. The van der Waals surface area contributed by atoms with Crippen LogP contribution in [-0.4, -0.2) is 65.9 Å². The van der Waals surface area contributed by atoms with Gasteiger partial charge >= 0.3 is 0 Å². The molecule has 0 radical (unpaired) electrons. The second-order valence-electron chi connectivity index (χ2n) is 13.1. The van der Waals surface area contributed by atoms with E-state index < -0.39 is 16.1 Å². The molecule has 1 amide bonds. The standard InChI is InChI=1S/C34H41N7O4S/c1-21-11-9-12-22(2)31(21)27-16-30-38-33(37-27)39-46(43,44)26-14-10-13-24(15-26)32(42)41(25(20-45-30)17-34(4,5)6)19-29-35-18-28(40(7)8)23(3)36-29/h9-16,18,25H,17,19-20H2,1-8H3,(H,37,38,39)/t25-/m1/s1. The van der Waals surface area contributed by atoms with Crippen LogP contribution in [0.2, 0.25) is 0 Å². The number of carbonyl (C=O) groups excluding carboxylic acids is 1. The highest BCUT2D eigenvalue weighted by Crippen LogP contribution is 2.31. The van der Waals surface area contributed by atoms with Crippen LogP contribution >= 0.6 is 0 Å². The lowest BCUT2D eigenvalue weighted by Gasteiger charge is -2.35. The minimum Gasteiger partial charge on any atom is -0.475 e. The average Bonchev–Trinajstić information content (AvgIpc) is 2.96. The van der Waals surface area contributed by atoms with Crippen LogP contribution in [0.25, 0.3) is 11.3 Å². The fraction of sp³-hybridized carbons (Fsp3) is 0.382. The lowest BCUT2D eigenvalue weighted by molar-refractivity contribution is 0.0505. The van der Waals surface area contributed by atoms with Gasteiger partial charge in [-0.1, -0.05) is 45.0 Å². The zero-order valence-corrected chi connectivity index (χ0v) is 28.4. The summed E-state index contributed by atoms with van der Waals surface area (Å²) in [6.07, 6.45) is 2.32. The zero-order valence-electron chi connectivity index (χ0n) is 27.6. The van der Waals surface area contributed by atoms with Crippen LogP contribution in [0.1, 0.15) is 60.2 Å². The molecule has 0 aliphatic carbocycles. The normalized spacial score (nSPS) is 16.4. The fourth-order valence-corrected chi connectivity index (χ4v) is 6.71. The Hall–Kier alpha value is -4.58. The average molecular weight is 644 g/mol. The number of fused-ring (bicyclic) bond motifs is 4. The zero-order chi connectivity index (χ0) is 33.4. The Labute approximate surface area is 271 Å². The number of sulfonamides is 1. The first kappa shape index (κ1) is 32.8. The van der Waals surface area contributed by atoms with Gasteiger partial charge in [0.1, 0.15) is 12.4 Å². The van der Waals surface area contributed by atoms with Gasteiger partial charge in [-0.15, -0.1) is 0 Å². The number of rotatable bonds is 5. The monoisotopic (exact) mass is 643 g/mol. The SMILES string of the molecule is Cc1cccc(C)c1-c1cc2nc(n1)NS(=O)(=O)c1cccc(c1)C(=O)N(Cc1ncc(N(C)C)c(C)n1)[C@H](CC(C)(C)C)CO2. The van der Waals surface area contributed by atoms with E-state index in [0.29, 0.717) is 17.9 Å². The van der Waals surface area contributed by atoms with E-state index in [4.69, 9.17) is 9.72 Å². The van der Waals surface area contributed by atoms with Crippen LogP contribution in [0.5, 0.6) is 5.88 Å². The smallest absolute Gasteiger partial charge is 0.264 e. The second-order valence-corrected chi connectivity index (χ2v) is 14.8. The number of hydrogen-bond acceptors (Lipinski definition) is 9. The molecule has 0 saturated carbocycles. The van der Waals surface area contributed by atoms with Crippen molar-refractivity contribution >= 4 is 27.6 Å². The van der Waals surface area contributed by atoms with Gasteiger partial charge in [-0.25, -0.2) is 28.1 Å². The number of benzene rings is 2. The summed E-state index contributed by atoms with van der Waals surface area (Å²) in [5.41, 5.74) is 5.00. The fourth-order valence-electron chi connectivity index (χ4n) is 5.72. The van der Waals surface area contributed by atoms with Crippen LogP contribution in [0.15, 0.2) is 59.6 Å². The van der Waals surface area contributed by atoms with Gasteiger partial charge in [0, 0.05) is 31.3 Å². The van der Waals surface area contributed by atoms with Crippen molar-refractivity contribution in [2.45, 2.75) is 65.4 Å². The van der Waals surface area contributed by atoms with Crippen molar-refractivity contribution in [1.82, 2.24) is 24.8 Å². The number of carbonyl (C=O) groups is 1. The van der Waals surface area contributed by atoms with Gasteiger partial charge in [-0.05, 0) is 61.9 Å². The van der Waals surface area contributed by atoms with Crippen molar-refractivity contribution in [3.8, 4) is 17.1 Å². The number of aromatic nitrogens is 4. The van der Waals surface area contributed by atoms with Gasteiger partial charge < -0.3 is 14.5 Å². The summed E-state index contributed by atoms with van der Waals surface area (Å²) in [4.78, 5) is 36.2. The van der Waals surface area contributed by atoms with Gasteiger partial charge in [0.05, 0.1) is 40.8 Å². The number of amides is 1. The minimum absolute atomic E-state index is 0.0871. The molecule has 3 heterocycles. The highest BCUT2D eigenvalue weighted by Gasteiger charge is 2.32. The molecule has 2 aromatic carbocycles. The number of anilines is 2. The topological polar surface area (TPSA) is 131 Å². The number of nitrogens with one attached hydrogen (secondary N) is 1. The van der Waals surface area contributed by atoms with E-state index in [2.05, 4.69) is 40.4 Å². The molecule has 46 heavy (non-hydrogen) atoms. The minimum atomic E-state index is -4.17. The lowest BCUT2D eigenvalue weighted by Crippen LogP contribution is -2.45. The van der Waals surface area contributed by atoms with Crippen LogP contribution < -0.4 is 14.4 Å². The predicted molar refractivity (Wildman–Crippen MR) is 179 cm³/mol. The van der Waals surface area contributed by atoms with E-state index in [1.54, 1.807) is 29.3 Å². The van der Waals surface area contributed by atoms with Gasteiger partial charge in [-0.2, -0.15) is 4.98 Å². The van der Waals surface area contributed by atoms with Crippen molar-refractivity contribution in [3.05, 3.63) is 82.9 Å². The highest BCUT2D eigenvalue weighted by molar-refractivity contribution is 7.92. The molecule has 11 nitrogen and oxygen atoms in total. The third-order valence-electron chi connectivity index (χ3n) is 7.83. The Balaban J connectivity index is 1.67. The molecular weight excluding hydrogens is 602 g/mol. The second kappa shape index (κ2) is 12.7. The number of nitrogens with zero attached hydrogens (tertiary/aromatic N) is 6. The molecule has 4 bridgehead atoms. The molecular formula is C34H41N7O4S. The molecule has 1 N–H and O–H groups in total. The van der Waals surface area contributed by atoms with Crippen LogP contribution in [0.4, 0.5) is 11.6 Å². The summed E-state index contributed by atoms with van der Waals surface area (Å²) >= 11 is 0. The molecule has 1 atom stereocenters. The van der Waals surface area contributed by atoms with Crippen LogP contribution in [0, 0.1) is 26.2 Å². The maximum atomic E-state index is 14.3. The maximum Gasteiger partial charge on any atom is 0.264 e. The first-order valence-electron chi connectivity index (χ1n) is 15.1. The van der Waals surface area contributed by atoms with Crippen LogP contribution in [-0.2, 0) is 16.6 Å². The van der Waals surface area contributed by atoms with E-state index >= 15 is 0 Å². The molecule has 242 valence electrons. The molecule has 0 fully saturated rings. The summed E-state index contributed by atoms with van der Waals surface area (Å²) < 4.78 is 36.1. The Morgan fingerprint density at radius 1 is 1.00 bits per heavy atom. The van der Waals surface area contributed by atoms with E-state index in [1.165, 1.54) is 12.1 Å². The van der Waals surface area contributed by atoms with Crippen molar-refractivity contribution in [3.63, 3.8) is 0 Å².